The number of aromatic nitrogens is 6. The average Bonchev–Trinajstić information content (AvgIpc) is 3.55. The molecule has 0 bridgehead atoms. The lowest BCUT2D eigenvalue weighted by atomic mass is 10.0. The highest BCUT2D eigenvalue weighted by atomic mass is 35.5. The molecule has 0 aliphatic carbocycles. The third-order valence-electron chi connectivity index (χ3n) is 9.68. The number of hydrogen-bond donors (Lipinski definition) is 1. The summed E-state index contributed by atoms with van der Waals surface area (Å²) < 4.78 is 98.1. The third-order valence-corrected chi connectivity index (χ3v) is 11.1. The Labute approximate surface area is 363 Å². The third kappa shape index (κ3) is 9.58. The summed E-state index contributed by atoms with van der Waals surface area (Å²) in [6.45, 7) is 4.70. The van der Waals surface area contributed by atoms with Gasteiger partial charge in [0.25, 0.3) is 12.0 Å². The number of alkyl carbamates (subject to hydrolysis) is 1. The summed E-state index contributed by atoms with van der Waals surface area (Å²) in [5.41, 5.74) is -1.17. The normalized spacial score (nSPS) is 12.5. The molecule has 4 aromatic carbocycles. The number of benzene rings is 4. The number of hydrogen-bond acceptors (Lipinski definition) is 10. The molecule has 1 amide bonds. The molecule has 328 valence electrons. The molecule has 14 nitrogen and oxygen atoms in total. The van der Waals surface area contributed by atoms with Crippen LogP contribution in [0.3, 0.4) is 0 Å². The van der Waals surface area contributed by atoms with Gasteiger partial charge in [-0.2, -0.15) is 5.10 Å². The molecule has 0 aliphatic heterocycles. The summed E-state index contributed by atoms with van der Waals surface area (Å²) in [6.07, 6.45) is -2.03. The van der Waals surface area contributed by atoms with Gasteiger partial charge in [0.2, 0.25) is 10.0 Å². The number of halogens is 5. The van der Waals surface area contributed by atoms with E-state index in [1.807, 2.05) is 0 Å². The lowest BCUT2D eigenvalue weighted by Crippen LogP contribution is -2.39. The van der Waals surface area contributed by atoms with Gasteiger partial charge in [-0.05, 0) is 86.5 Å². The number of carbonyl (C=O) groups is 1. The van der Waals surface area contributed by atoms with Crippen LogP contribution in [-0.2, 0) is 34.8 Å². The number of carbonyl (C=O) groups excluding carboxylic acids is 1. The van der Waals surface area contributed by atoms with Crippen LogP contribution in [0.4, 0.5) is 28.2 Å². The van der Waals surface area contributed by atoms with Crippen LogP contribution in [0.1, 0.15) is 55.9 Å². The van der Waals surface area contributed by atoms with E-state index in [-0.39, 0.29) is 74.1 Å². The van der Waals surface area contributed by atoms with Crippen LogP contribution in [-0.4, -0.2) is 62.8 Å². The molecular formula is C43H39ClF4N8O6S. The van der Waals surface area contributed by atoms with Crippen molar-refractivity contribution >= 4 is 55.3 Å². The molecule has 3 heterocycles. The predicted octanol–water partition coefficient (Wildman–Crippen LogP) is 8.38. The summed E-state index contributed by atoms with van der Waals surface area (Å²) >= 11 is 6.88. The number of amides is 1. The minimum absolute atomic E-state index is 0.00286. The number of nitrogens with zero attached hydrogens (tertiary/aromatic N) is 7. The zero-order valence-corrected chi connectivity index (χ0v) is 36.1. The fraction of sp³-hybridized carbons (Fsp3) is 0.256. The Morgan fingerprint density at radius 2 is 1.65 bits per heavy atom. The molecule has 1 N–H and O–H groups in total. The molecule has 63 heavy (non-hydrogen) atoms. The Balaban J connectivity index is 1.51. The Morgan fingerprint density at radius 3 is 2.29 bits per heavy atom. The van der Waals surface area contributed by atoms with Gasteiger partial charge >= 0.3 is 6.09 Å². The quantitative estimate of drug-likeness (QED) is 0.118. The molecule has 0 fully saturated rings. The molecule has 3 aromatic heterocycles. The first-order valence-electron chi connectivity index (χ1n) is 19.1. The van der Waals surface area contributed by atoms with E-state index in [9.17, 15) is 30.8 Å². The van der Waals surface area contributed by atoms with Crippen LogP contribution < -0.4 is 19.9 Å². The summed E-state index contributed by atoms with van der Waals surface area (Å²) in [5, 5.41) is 7.53. The number of sulfonamides is 1. The van der Waals surface area contributed by atoms with E-state index in [1.165, 1.54) is 55.4 Å². The van der Waals surface area contributed by atoms with Gasteiger partial charge in [-0.3, -0.25) is 14.0 Å². The summed E-state index contributed by atoms with van der Waals surface area (Å²) in [7, 11) is -1.04. The van der Waals surface area contributed by atoms with Crippen molar-refractivity contribution in [1.29, 1.82) is 0 Å². The van der Waals surface area contributed by atoms with Crippen LogP contribution in [0.25, 0.3) is 38.9 Å². The van der Waals surface area contributed by atoms with E-state index < -0.39 is 57.1 Å². The number of rotatable bonds is 12. The number of fused-ring (bicyclic) bond motifs is 2. The van der Waals surface area contributed by atoms with Crippen molar-refractivity contribution in [2.24, 2.45) is 7.05 Å². The zero-order valence-electron chi connectivity index (χ0n) is 34.5. The summed E-state index contributed by atoms with van der Waals surface area (Å²) in [5.74, 6) is -1.62. The van der Waals surface area contributed by atoms with Crippen LogP contribution >= 0.6 is 11.6 Å². The minimum atomic E-state index is -4.06. The van der Waals surface area contributed by atoms with E-state index in [1.54, 1.807) is 45.0 Å². The maximum atomic E-state index is 15.1. The van der Waals surface area contributed by atoms with E-state index in [0.29, 0.717) is 17.4 Å². The van der Waals surface area contributed by atoms with E-state index in [2.05, 4.69) is 20.4 Å². The number of alkyl halides is 2. The first kappa shape index (κ1) is 44.5. The first-order chi connectivity index (χ1) is 29.7. The molecule has 20 heteroatoms. The number of ether oxygens (including phenoxy) is 2. The molecule has 1 atom stereocenters. The molecular weight excluding hydrogens is 868 g/mol. The standard InChI is InChI=1S/C43H39ClF4N8O6S/c1-43(2,3)62-42(58)52-33(19-24-17-26(45)21-27(46)18-24)39-51-32-20-25(38-49-16-15-31(50-38)37(47)48)9-12-29(32)41(57)56(39)34-14-13-30(44)35-36(34)54(4)53-40(35)55(63(6,59)60)22-23-7-10-28(61-5)11-8-23/h7-18,20-21,33,37H,19,22H2,1-6H3,(H,52,58)/t33-/m0/s1. The van der Waals surface area contributed by atoms with E-state index in [4.69, 9.17) is 26.1 Å². The van der Waals surface area contributed by atoms with Gasteiger partial charge in [0, 0.05) is 31.3 Å². The second kappa shape index (κ2) is 17.3. The van der Waals surface area contributed by atoms with Crippen molar-refractivity contribution < 1.29 is 40.2 Å². The van der Waals surface area contributed by atoms with E-state index >= 15 is 4.79 Å². The fourth-order valence-electron chi connectivity index (χ4n) is 7.00. The minimum Gasteiger partial charge on any atom is -0.497 e. The van der Waals surface area contributed by atoms with Crippen molar-refractivity contribution in [1.82, 2.24) is 34.6 Å². The fourth-order valence-corrected chi connectivity index (χ4v) is 8.06. The summed E-state index contributed by atoms with van der Waals surface area (Å²) in [4.78, 5) is 41.7. The molecule has 0 saturated heterocycles. The second-order valence-corrected chi connectivity index (χ2v) is 17.8. The molecule has 7 aromatic rings. The van der Waals surface area contributed by atoms with E-state index in [0.717, 1.165) is 33.3 Å². The number of anilines is 1. The molecule has 7 rings (SSSR count). The molecule has 0 spiro atoms. The van der Waals surface area contributed by atoms with Gasteiger partial charge in [-0.1, -0.05) is 29.8 Å². The highest BCUT2D eigenvalue weighted by Gasteiger charge is 2.31. The van der Waals surface area contributed by atoms with Gasteiger partial charge in [0.05, 0.1) is 58.5 Å². The Kier molecular flexibility index (Phi) is 12.2. The zero-order chi connectivity index (χ0) is 45.5. The maximum Gasteiger partial charge on any atom is 0.408 e. The van der Waals surface area contributed by atoms with Crippen molar-refractivity contribution in [3.8, 4) is 22.8 Å². The Bertz CT molecular complexity index is 3050. The average molecular weight is 907 g/mol. The van der Waals surface area contributed by atoms with Crippen LogP contribution in [0.15, 0.2) is 89.9 Å². The molecule has 0 saturated carbocycles. The van der Waals surface area contributed by atoms with Gasteiger partial charge in [-0.25, -0.2) is 50.0 Å². The second-order valence-electron chi connectivity index (χ2n) is 15.5. The predicted molar refractivity (Wildman–Crippen MR) is 229 cm³/mol. The molecule has 0 radical (unpaired) electrons. The first-order valence-corrected chi connectivity index (χ1v) is 21.3. The van der Waals surface area contributed by atoms with Crippen molar-refractivity contribution in [2.75, 3.05) is 17.7 Å². The highest BCUT2D eigenvalue weighted by molar-refractivity contribution is 7.92. The Hall–Kier alpha value is -6.60. The van der Waals surface area contributed by atoms with Crippen LogP contribution in [0.5, 0.6) is 5.75 Å². The monoisotopic (exact) mass is 906 g/mol. The van der Waals surface area contributed by atoms with Crippen LogP contribution in [0, 0.1) is 11.6 Å². The lowest BCUT2D eigenvalue weighted by Gasteiger charge is -2.26. The van der Waals surface area contributed by atoms with Gasteiger partial charge in [-0.15, -0.1) is 0 Å². The highest BCUT2D eigenvalue weighted by Crippen LogP contribution is 2.38. The van der Waals surface area contributed by atoms with Crippen molar-refractivity contribution in [3.05, 3.63) is 135 Å². The number of methoxy groups -OCH3 is 1. The SMILES string of the molecule is COc1ccc(CN(c2nn(C)c3c(-n4c([C@H](Cc5cc(F)cc(F)c5)NC(=O)OC(C)(C)C)nc5cc(-c6nccc(C(F)F)n6)ccc5c4=O)ccc(Cl)c23)S(C)(=O)=O)cc1. The van der Waals surface area contributed by atoms with Gasteiger partial charge < -0.3 is 14.8 Å². The smallest absolute Gasteiger partial charge is 0.408 e. The maximum absolute atomic E-state index is 15.1. The van der Waals surface area contributed by atoms with Gasteiger partial charge in [0.1, 0.15) is 34.5 Å². The number of aryl methyl sites for hydroxylation is 1. The topological polar surface area (TPSA) is 163 Å². The molecule has 0 aliphatic rings. The van der Waals surface area contributed by atoms with Crippen molar-refractivity contribution in [3.63, 3.8) is 0 Å². The summed E-state index contributed by atoms with van der Waals surface area (Å²) in [6, 6.07) is 16.4. The largest absolute Gasteiger partial charge is 0.497 e. The van der Waals surface area contributed by atoms with Crippen LogP contribution in [0.2, 0.25) is 5.02 Å². The lowest BCUT2D eigenvalue weighted by molar-refractivity contribution is 0.0500. The molecule has 0 unspecified atom stereocenters. The van der Waals surface area contributed by atoms with Crippen molar-refractivity contribution in [2.45, 2.75) is 51.8 Å². The Morgan fingerprint density at radius 1 is 0.952 bits per heavy atom. The number of nitrogens with one attached hydrogen (secondary N) is 1. The van der Waals surface area contributed by atoms with Gasteiger partial charge in [0.15, 0.2) is 11.6 Å².